The molecule has 1 atom stereocenters. The summed E-state index contributed by atoms with van der Waals surface area (Å²) in [6.07, 6.45) is 11.3. The highest BCUT2D eigenvalue weighted by molar-refractivity contribution is 5.99. The Bertz CT molecular complexity index is 1290. The maximum atomic E-state index is 14.4. The highest BCUT2D eigenvalue weighted by Gasteiger charge is 2.31. The predicted octanol–water partition coefficient (Wildman–Crippen LogP) is 5.00. The third-order valence-corrected chi connectivity index (χ3v) is 8.64. The number of carbonyl (C=O) groups excluding carboxylic acids is 1. The first-order valence-electron chi connectivity index (χ1n) is 13.8. The molecule has 6 nitrogen and oxygen atoms in total. The van der Waals surface area contributed by atoms with E-state index < -0.39 is 0 Å². The molecule has 3 aliphatic rings. The van der Waals surface area contributed by atoms with Crippen LogP contribution in [0.15, 0.2) is 36.8 Å². The van der Waals surface area contributed by atoms with Gasteiger partial charge in [0.15, 0.2) is 0 Å². The van der Waals surface area contributed by atoms with E-state index in [1.807, 2.05) is 17.3 Å². The molecule has 0 unspecified atom stereocenters. The van der Waals surface area contributed by atoms with E-state index in [1.165, 1.54) is 42.5 Å². The molecule has 0 bridgehead atoms. The molecule has 7 heteroatoms. The molecule has 0 spiro atoms. The van der Waals surface area contributed by atoms with E-state index in [4.69, 9.17) is 4.74 Å². The highest BCUT2D eigenvalue weighted by Crippen LogP contribution is 2.33. The van der Waals surface area contributed by atoms with Crippen molar-refractivity contribution in [1.82, 2.24) is 19.4 Å². The molecule has 196 valence electrons. The SMILES string of the molecule is Cc1cncc2c1c(CC1CN(CC3CCOCC3)C1)cn2-c1ccc(F)cc1C(=O)N1CCC[C@H]1C. The minimum absolute atomic E-state index is 0.0914. The lowest BCUT2D eigenvalue weighted by Gasteiger charge is -2.42. The van der Waals surface area contributed by atoms with Crippen LogP contribution >= 0.6 is 0 Å². The maximum absolute atomic E-state index is 14.4. The molecule has 0 radical (unpaired) electrons. The first-order chi connectivity index (χ1) is 18.0. The standard InChI is InChI=1S/C30H37FN4O2/c1-20-14-32-15-28-29(20)24(12-23-17-33(18-23)16-22-7-10-37-11-8-22)19-35(28)27-6-5-25(31)13-26(27)30(36)34-9-3-4-21(34)2/h5-6,13-15,19,21-23H,3-4,7-12,16-18H2,1-2H3/t21-/m1/s1. The van der Waals surface area contributed by atoms with Crippen LogP contribution in [0.4, 0.5) is 4.39 Å². The zero-order valence-corrected chi connectivity index (χ0v) is 22.0. The smallest absolute Gasteiger partial charge is 0.256 e. The van der Waals surface area contributed by atoms with Crippen LogP contribution in [-0.2, 0) is 11.2 Å². The van der Waals surface area contributed by atoms with Crippen LogP contribution in [-0.4, -0.2) is 70.7 Å². The third-order valence-electron chi connectivity index (χ3n) is 8.64. The third kappa shape index (κ3) is 4.79. The summed E-state index contributed by atoms with van der Waals surface area (Å²) in [6, 6.07) is 4.77. The van der Waals surface area contributed by atoms with Crippen LogP contribution in [0.1, 0.15) is 54.1 Å². The number of ether oxygens (including phenoxy) is 1. The lowest BCUT2D eigenvalue weighted by molar-refractivity contribution is 0.0254. The first-order valence-corrected chi connectivity index (χ1v) is 13.8. The minimum atomic E-state index is -0.385. The van der Waals surface area contributed by atoms with Crippen LogP contribution in [0.3, 0.4) is 0 Å². The Labute approximate surface area is 218 Å². The number of amides is 1. The van der Waals surface area contributed by atoms with Crippen molar-refractivity contribution in [2.45, 2.75) is 52.0 Å². The molecule has 2 aromatic heterocycles. The van der Waals surface area contributed by atoms with Gasteiger partial charge in [0, 0.05) is 63.2 Å². The number of rotatable bonds is 6. The Morgan fingerprint density at radius 1 is 1.14 bits per heavy atom. The normalized spacial score (nSPS) is 21.6. The number of nitrogens with zero attached hydrogens (tertiary/aromatic N) is 4. The van der Waals surface area contributed by atoms with Crippen molar-refractivity contribution < 1.29 is 13.9 Å². The van der Waals surface area contributed by atoms with Gasteiger partial charge in [-0.3, -0.25) is 9.78 Å². The zero-order chi connectivity index (χ0) is 25.5. The van der Waals surface area contributed by atoms with Gasteiger partial charge in [0.2, 0.25) is 0 Å². The molecule has 0 saturated carbocycles. The van der Waals surface area contributed by atoms with Gasteiger partial charge in [-0.2, -0.15) is 0 Å². The minimum Gasteiger partial charge on any atom is -0.381 e. The fourth-order valence-corrected chi connectivity index (χ4v) is 6.63. The second-order valence-electron chi connectivity index (χ2n) is 11.4. The number of fused-ring (bicyclic) bond motifs is 1. The van der Waals surface area contributed by atoms with Gasteiger partial charge in [0.05, 0.1) is 23.0 Å². The number of aryl methyl sites for hydroxylation is 1. The van der Waals surface area contributed by atoms with Crippen molar-refractivity contribution in [3.8, 4) is 5.69 Å². The zero-order valence-electron chi connectivity index (χ0n) is 22.0. The molecule has 6 rings (SSSR count). The number of hydrogen-bond donors (Lipinski definition) is 0. The number of hydrogen-bond acceptors (Lipinski definition) is 4. The van der Waals surface area contributed by atoms with Crippen molar-refractivity contribution in [2.75, 3.05) is 39.4 Å². The van der Waals surface area contributed by atoms with E-state index >= 15 is 0 Å². The summed E-state index contributed by atoms with van der Waals surface area (Å²) in [5.74, 6) is 0.902. The van der Waals surface area contributed by atoms with Gasteiger partial charge in [0.1, 0.15) is 5.82 Å². The largest absolute Gasteiger partial charge is 0.381 e. The van der Waals surface area contributed by atoms with E-state index in [-0.39, 0.29) is 17.8 Å². The van der Waals surface area contributed by atoms with E-state index in [9.17, 15) is 9.18 Å². The lowest BCUT2D eigenvalue weighted by atomic mass is 9.89. The second kappa shape index (κ2) is 10.2. The van der Waals surface area contributed by atoms with E-state index in [1.54, 1.807) is 6.07 Å². The average Bonchev–Trinajstić information content (AvgIpc) is 3.47. The van der Waals surface area contributed by atoms with Gasteiger partial charge in [0.25, 0.3) is 5.91 Å². The molecule has 3 aliphatic heterocycles. The fraction of sp³-hybridized carbons (Fsp3) is 0.533. The van der Waals surface area contributed by atoms with E-state index in [0.717, 1.165) is 74.8 Å². The predicted molar refractivity (Wildman–Crippen MR) is 143 cm³/mol. The van der Waals surface area contributed by atoms with Gasteiger partial charge in [-0.15, -0.1) is 0 Å². The molecule has 1 amide bonds. The monoisotopic (exact) mass is 504 g/mol. The molecule has 1 aromatic carbocycles. The molecule has 3 saturated heterocycles. The van der Waals surface area contributed by atoms with Crippen molar-refractivity contribution in [3.05, 3.63) is 59.3 Å². The van der Waals surface area contributed by atoms with Crippen LogP contribution in [0.25, 0.3) is 16.6 Å². The number of aromatic nitrogens is 2. The van der Waals surface area contributed by atoms with Crippen LogP contribution in [0.5, 0.6) is 0 Å². The summed E-state index contributed by atoms with van der Waals surface area (Å²) in [5.41, 5.74) is 4.54. The molecule has 5 heterocycles. The number of carbonyl (C=O) groups is 1. The van der Waals surface area contributed by atoms with Gasteiger partial charge >= 0.3 is 0 Å². The highest BCUT2D eigenvalue weighted by atomic mass is 19.1. The van der Waals surface area contributed by atoms with E-state index in [0.29, 0.717) is 11.5 Å². The summed E-state index contributed by atoms with van der Waals surface area (Å²) in [6.45, 7) is 10.1. The molecule has 37 heavy (non-hydrogen) atoms. The molecule has 3 aromatic rings. The maximum Gasteiger partial charge on any atom is 0.256 e. The fourth-order valence-electron chi connectivity index (χ4n) is 6.63. The summed E-state index contributed by atoms with van der Waals surface area (Å²) >= 11 is 0. The Kier molecular flexibility index (Phi) is 6.76. The molecule has 0 aliphatic carbocycles. The average molecular weight is 505 g/mol. The van der Waals surface area contributed by atoms with Crippen LogP contribution < -0.4 is 0 Å². The lowest BCUT2D eigenvalue weighted by Crippen LogP contribution is -2.49. The summed E-state index contributed by atoms with van der Waals surface area (Å²) in [5, 5.41) is 1.20. The first kappa shape index (κ1) is 24.6. The quantitative estimate of drug-likeness (QED) is 0.474. The number of benzene rings is 1. The molecule has 0 N–H and O–H groups in total. The number of pyridine rings is 1. The molecular weight excluding hydrogens is 467 g/mol. The van der Waals surface area contributed by atoms with Crippen LogP contribution in [0, 0.1) is 24.6 Å². The Hall–Kier alpha value is -2.77. The number of likely N-dealkylation sites (tertiary alicyclic amines) is 2. The van der Waals surface area contributed by atoms with Gasteiger partial charge in [-0.05, 0) is 87.1 Å². The van der Waals surface area contributed by atoms with Crippen LogP contribution in [0.2, 0.25) is 0 Å². The van der Waals surface area contributed by atoms with E-state index in [2.05, 4.69) is 34.5 Å². The summed E-state index contributed by atoms with van der Waals surface area (Å²) in [7, 11) is 0. The summed E-state index contributed by atoms with van der Waals surface area (Å²) in [4.78, 5) is 22.5. The Morgan fingerprint density at radius 2 is 1.95 bits per heavy atom. The summed E-state index contributed by atoms with van der Waals surface area (Å²) < 4.78 is 22.0. The second-order valence-corrected chi connectivity index (χ2v) is 11.4. The van der Waals surface area contributed by atoms with Gasteiger partial charge in [-0.1, -0.05) is 0 Å². The molecule has 3 fully saturated rings. The Morgan fingerprint density at radius 3 is 2.70 bits per heavy atom. The van der Waals surface area contributed by atoms with Crippen molar-refractivity contribution in [2.24, 2.45) is 11.8 Å². The van der Waals surface area contributed by atoms with Crippen molar-refractivity contribution in [3.63, 3.8) is 0 Å². The van der Waals surface area contributed by atoms with Gasteiger partial charge in [-0.25, -0.2) is 4.39 Å². The van der Waals surface area contributed by atoms with Crippen molar-refractivity contribution >= 4 is 16.8 Å². The Balaban J connectivity index is 1.28. The topological polar surface area (TPSA) is 50.6 Å². The van der Waals surface area contributed by atoms with Gasteiger partial charge < -0.3 is 19.1 Å². The number of halogens is 1. The molecular formula is C30H37FN4O2. The van der Waals surface area contributed by atoms with Crippen molar-refractivity contribution in [1.29, 1.82) is 0 Å².